The Morgan fingerprint density at radius 2 is 1.74 bits per heavy atom. The van der Waals surface area contributed by atoms with Crippen LogP contribution in [0.3, 0.4) is 0 Å². The van der Waals surface area contributed by atoms with Crippen LogP contribution in [0.5, 0.6) is 11.5 Å². The van der Waals surface area contributed by atoms with Crippen molar-refractivity contribution in [1.82, 2.24) is 4.90 Å². The third-order valence-corrected chi connectivity index (χ3v) is 11.3. The first-order chi connectivity index (χ1) is 20.6. The molecule has 1 saturated heterocycles. The lowest BCUT2D eigenvalue weighted by molar-refractivity contribution is -0.248. The number of likely N-dealkylation sites (tertiary alicyclic amines) is 1. The zero-order valence-corrected chi connectivity index (χ0v) is 24.8. The fourth-order valence-corrected chi connectivity index (χ4v) is 9.44. The topological polar surface area (TPSA) is 40.2 Å². The molecule has 42 heavy (non-hydrogen) atoms. The van der Waals surface area contributed by atoms with Crippen LogP contribution in [0.1, 0.15) is 48.4 Å². The Kier molecular flexibility index (Phi) is 6.29. The summed E-state index contributed by atoms with van der Waals surface area (Å²) in [6.07, 6.45) is 10.00. The van der Waals surface area contributed by atoms with Crippen LogP contribution in [0, 0.1) is 11.3 Å². The summed E-state index contributed by atoms with van der Waals surface area (Å²) in [5.74, 6) is 2.17. The molecule has 4 aliphatic carbocycles. The Hall–Kier alpha value is -3.12. The standard InChI is InChI=1S/C37H41NO4/c1-3-29-23-35-17-18-37(29,41-25-39-21-16-26-10-6-4-7-11-26)34-36(35)19-20-38(2)31(35)22-28-14-15-30(33(42-34)32(28)36)40-24-27-12-8-5-9-13-27/h4-15,17-18,29,31,34H,3,16,19-25H2,1-2H3/t29?,31-,34-,35-,36+,37-/m1/s1. The van der Waals surface area contributed by atoms with E-state index in [1.54, 1.807) is 0 Å². The molecule has 2 heterocycles. The SMILES string of the molecule is CCC1C[C@@]23C=C[C@]1(OCOCCc1ccccc1)[C@@H]1Oc4c(OCc5ccccc5)ccc5c4[C@@]12CCN(C)[C@@H]3C5. The average molecular weight is 564 g/mol. The quantitative estimate of drug-likeness (QED) is 0.160. The Morgan fingerprint density at radius 1 is 0.952 bits per heavy atom. The Morgan fingerprint density at radius 3 is 2.52 bits per heavy atom. The van der Waals surface area contributed by atoms with Crippen LogP contribution in [0.15, 0.2) is 84.9 Å². The fourth-order valence-electron chi connectivity index (χ4n) is 9.44. The number of rotatable bonds is 10. The number of likely N-dealkylation sites (N-methyl/N-ethyl adjacent to an activating group) is 1. The maximum absolute atomic E-state index is 7.25. The van der Waals surface area contributed by atoms with Gasteiger partial charge in [0.2, 0.25) is 0 Å². The Balaban J connectivity index is 1.15. The summed E-state index contributed by atoms with van der Waals surface area (Å²) in [5.41, 5.74) is 4.64. The zero-order chi connectivity index (χ0) is 28.4. The highest BCUT2D eigenvalue weighted by Crippen LogP contribution is 2.75. The lowest BCUT2D eigenvalue weighted by Crippen LogP contribution is -2.79. The van der Waals surface area contributed by atoms with Crippen LogP contribution < -0.4 is 9.47 Å². The number of fused-ring (bicyclic) bond motifs is 1. The molecule has 2 spiro atoms. The molecule has 218 valence electrons. The van der Waals surface area contributed by atoms with Crippen LogP contribution in [-0.4, -0.2) is 49.6 Å². The Labute approximate surface area is 249 Å². The highest BCUT2D eigenvalue weighted by molar-refractivity contribution is 5.65. The second-order valence-corrected chi connectivity index (χ2v) is 13.1. The maximum atomic E-state index is 7.25. The monoisotopic (exact) mass is 563 g/mol. The van der Waals surface area contributed by atoms with Gasteiger partial charge in [0.05, 0.1) is 12.0 Å². The van der Waals surface area contributed by atoms with Crippen molar-refractivity contribution in [2.45, 2.75) is 68.8 Å². The van der Waals surface area contributed by atoms with E-state index in [1.807, 2.05) is 6.07 Å². The predicted molar refractivity (Wildman–Crippen MR) is 163 cm³/mol. The van der Waals surface area contributed by atoms with Gasteiger partial charge in [0.1, 0.15) is 25.1 Å². The van der Waals surface area contributed by atoms with E-state index >= 15 is 0 Å². The summed E-state index contributed by atoms with van der Waals surface area (Å²) in [5, 5.41) is 0. The number of benzene rings is 3. The molecule has 0 aromatic heterocycles. The molecule has 2 fully saturated rings. The van der Waals surface area contributed by atoms with Crippen LogP contribution in [-0.2, 0) is 34.3 Å². The highest BCUT2D eigenvalue weighted by Gasteiger charge is 2.78. The molecule has 1 unspecified atom stereocenters. The third-order valence-electron chi connectivity index (χ3n) is 11.3. The first-order valence-electron chi connectivity index (χ1n) is 15.8. The van der Waals surface area contributed by atoms with E-state index < -0.39 is 5.60 Å². The van der Waals surface area contributed by atoms with E-state index in [1.165, 1.54) is 16.7 Å². The fraction of sp³-hybridized carbons (Fsp3) is 0.459. The van der Waals surface area contributed by atoms with Gasteiger partial charge < -0.3 is 23.8 Å². The molecule has 6 aliphatic rings. The van der Waals surface area contributed by atoms with Gasteiger partial charge in [-0.25, -0.2) is 0 Å². The van der Waals surface area contributed by atoms with Crippen LogP contribution >= 0.6 is 0 Å². The molecule has 1 saturated carbocycles. The van der Waals surface area contributed by atoms with Crippen molar-refractivity contribution < 1.29 is 18.9 Å². The molecular weight excluding hydrogens is 522 g/mol. The first kappa shape index (κ1) is 26.5. The molecule has 4 bridgehead atoms. The van der Waals surface area contributed by atoms with Crippen molar-refractivity contribution in [2.24, 2.45) is 11.3 Å². The van der Waals surface area contributed by atoms with E-state index in [0.717, 1.165) is 55.7 Å². The number of ether oxygens (including phenoxy) is 4. The maximum Gasteiger partial charge on any atom is 0.166 e. The number of hydrogen-bond donors (Lipinski definition) is 0. The van der Waals surface area contributed by atoms with Gasteiger partial charge in [0.15, 0.2) is 11.5 Å². The van der Waals surface area contributed by atoms with Gasteiger partial charge in [-0.2, -0.15) is 0 Å². The molecule has 0 amide bonds. The summed E-state index contributed by atoms with van der Waals surface area (Å²) < 4.78 is 26.9. The summed E-state index contributed by atoms with van der Waals surface area (Å²) in [7, 11) is 2.32. The lowest BCUT2D eigenvalue weighted by Gasteiger charge is -2.71. The Bertz CT molecular complexity index is 1490. The van der Waals surface area contributed by atoms with Crippen molar-refractivity contribution in [3.63, 3.8) is 0 Å². The molecule has 5 nitrogen and oxygen atoms in total. The number of nitrogens with zero attached hydrogens (tertiary/aromatic N) is 1. The summed E-state index contributed by atoms with van der Waals surface area (Å²) >= 11 is 0. The molecule has 9 rings (SSSR count). The minimum atomic E-state index is -0.534. The van der Waals surface area contributed by atoms with Crippen LogP contribution in [0.4, 0.5) is 0 Å². The van der Waals surface area contributed by atoms with Crippen molar-refractivity contribution in [3.8, 4) is 11.5 Å². The molecule has 3 aromatic carbocycles. The second-order valence-electron chi connectivity index (χ2n) is 13.1. The van der Waals surface area contributed by atoms with Gasteiger partial charge in [-0.3, -0.25) is 0 Å². The molecule has 5 heteroatoms. The third kappa shape index (κ3) is 3.60. The number of hydrogen-bond acceptors (Lipinski definition) is 5. The van der Waals surface area contributed by atoms with E-state index in [2.05, 4.69) is 97.8 Å². The zero-order valence-electron chi connectivity index (χ0n) is 24.8. The van der Waals surface area contributed by atoms with Crippen molar-refractivity contribution >= 4 is 0 Å². The average Bonchev–Trinajstić information content (AvgIpc) is 3.40. The van der Waals surface area contributed by atoms with Crippen molar-refractivity contribution in [2.75, 3.05) is 27.0 Å². The molecule has 3 aromatic rings. The lowest BCUT2D eigenvalue weighted by atomic mass is 9.37. The van der Waals surface area contributed by atoms with Crippen LogP contribution in [0.2, 0.25) is 0 Å². The van der Waals surface area contributed by atoms with E-state index in [-0.39, 0.29) is 23.7 Å². The van der Waals surface area contributed by atoms with Gasteiger partial charge in [-0.1, -0.05) is 92.2 Å². The van der Waals surface area contributed by atoms with Gasteiger partial charge >= 0.3 is 0 Å². The van der Waals surface area contributed by atoms with Crippen molar-refractivity contribution in [1.29, 1.82) is 0 Å². The normalized spacial score (nSPS) is 33.3. The molecule has 0 radical (unpaired) electrons. The molecular formula is C37H41NO4. The first-order valence-corrected chi connectivity index (χ1v) is 15.8. The van der Waals surface area contributed by atoms with Gasteiger partial charge in [-0.05, 0) is 68.0 Å². The molecule has 6 atom stereocenters. The summed E-state index contributed by atoms with van der Waals surface area (Å²) in [6.45, 7) is 4.80. The predicted octanol–water partition coefficient (Wildman–Crippen LogP) is 6.48. The minimum Gasteiger partial charge on any atom is -0.485 e. The smallest absolute Gasteiger partial charge is 0.166 e. The van der Waals surface area contributed by atoms with Crippen molar-refractivity contribution in [3.05, 3.63) is 107 Å². The summed E-state index contributed by atoms with van der Waals surface area (Å²) in [6, 6.07) is 25.8. The van der Waals surface area contributed by atoms with Gasteiger partial charge in [0, 0.05) is 17.0 Å². The van der Waals surface area contributed by atoms with Crippen LogP contribution in [0.25, 0.3) is 0 Å². The van der Waals surface area contributed by atoms with Gasteiger partial charge in [-0.15, -0.1) is 0 Å². The highest BCUT2D eigenvalue weighted by atomic mass is 16.7. The van der Waals surface area contributed by atoms with E-state index in [4.69, 9.17) is 18.9 Å². The second kappa shape index (κ2) is 9.97. The van der Waals surface area contributed by atoms with E-state index in [9.17, 15) is 0 Å². The molecule has 0 N–H and O–H groups in total. The van der Waals surface area contributed by atoms with Gasteiger partial charge in [0.25, 0.3) is 0 Å². The largest absolute Gasteiger partial charge is 0.485 e. The minimum absolute atomic E-state index is 0.0287. The molecule has 2 aliphatic heterocycles. The van der Waals surface area contributed by atoms with E-state index in [0.29, 0.717) is 25.2 Å². The number of piperidine rings is 1. The summed E-state index contributed by atoms with van der Waals surface area (Å²) in [4.78, 5) is 2.62.